The van der Waals surface area contributed by atoms with Gasteiger partial charge in [-0.25, -0.2) is 0 Å². The fourth-order valence-corrected chi connectivity index (χ4v) is 1.65. The lowest BCUT2D eigenvalue weighted by Crippen LogP contribution is -2.38. The first-order valence-electron chi connectivity index (χ1n) is 5.60. The summed E-state index contributed by atoms with van der Waals surface area (Å²) in [5, 5.41) is 0. The van der Waals surface area contributed by atoms with Gasteiger partial charge in [0.1, 0.15) is 0 Å². The van der Waals surface area contributed by atoms with E-state index in [1.54, 1.807) is 0 Å². The number of nitrogens with zero attached hydrogens (tertiary/aromatic N) is 1. The minimum atomic E-state index is 0.154. The molecule has 0 amide bonds. The second-order valence-electron chi connectivity index (χ2n) is 5.37. The van der Waals surface area contributed by atoms with Crippen molar-refractivity contribution in [2.45, 2.75) is 39.7 Å². The molecule has 1 heteroatoms. The molecule has 0 N–H and O–H groups in total. The maximum Gasteiger partial charge on any atom is 0.0311 e. The van der Waals surface area contributed by atoms with Gasteiger partial charge in [-0.05, 0) is 34.1 Å². The highest BCUT2D eigenvalue weighted by Gasteiger charge is 2.22. The molecule has 1 aliphatic carbocycles. The van der Waals surface area contributed by atoms with Crippen LogP contribution < -0.4 is 0 Å². The Bertz CT molecular complexity index is 302. The number of rotatable bonds is 2. The molecule has 1 atom stereocenters. The summed E-state index contributed by atoms with van der Waals surface area (Å²) in [6.07, 6.45) is 7.82. The number of hydrogen-bond donors (Lipinski definition) is 0. The normalized spacial score (nSPS) is 21.1. The Kier molecular flexibility index (Phi) is 3.43. The van der Waals surface area contributed by atoms with Crippen LogP contribution in [0.5, 0.6) is 0 Å². The molecule has 0 heterocycles. The molecule has 0 bridgehead atoms. The Hall–Kier alpha value is -0.980. The van der Waals surface area contributed by atoms with Crippen molar-refractivity contribution in [3.63, 3.8) is 0 Å². The molecule has 0 saturated heterocycles. The summed E-state index contributed by atoms with van der Waals surface area (Å²) in [5.74, 6) is 0.470. The zero-order valence-corrected chi connectivity index (χ0v) is 10.7. The summed E-state index contributed by atoms with van der Waals surface area (Å²) in [4.78, 5) is 2.27. The Morgan fingerprint density at radius 3 is 2.47 bits per heavy atom. The van der Waals surface area contributed by atoms with Gasteiger partial charge in [-0.1, -0.05) is 30.4 Å². The molecule has 0 aromatic rings. The van der Waals surface area contributed by atoms with E-state index in [9.17, 15) is 0 Å². The quantitative estimate of drug-likeness (QED) is 0.663. The van der Waals surface area contributed by atoms with Gasteiger partial charge in [-0.2, -0.15) is 0 Å². The lowest BCUT2D eigenvalue weighted by molar-refractivity contribution is 0.211. The van der Waals surface area contributed by atoms with Gasteiger partial charge in [0, 0.05) is 24.2 Å². The summed E-state index contributed by atoms with van der Waals surface area (Å²) in [6, 6.07) is 0. The minimum absolute atomic E-state index is 0.154. The first-order valence-corrected chi connectivity index (χ1v) is 5.60. The zero-order chi connectivity index (χ0) is 11.6. The third-order valence-electron chi connectivity index (χ3n) is 3.15. The molecule has 1 rings (SSSR count). The molecule has 0 saturated carbocycles. The van der Waals surface area contributed by atoms with E-state index in [0.717, 1.165) is 6.42 Å². The Morgan fingerprint density at radius 2 is 2.07 bits per heavy atom. The molecule has 0 aliphatic heterocycles. The lowest BCUT2D eigenvalue weighted by Gasteiger charge is -2.38. The van der Waals surface area contributed by atoms with Crippen LogP contribution in [0.1, 0.15) is 34.1 Å². The van der Waals surface area contributed by atoms with Gasteiger partial charge in [-0.3, -0.25) is 0 Å². The van der Waals surface area contributed by atoms with E-state index in [4.69, 9.17) is 0 Å². The van der Waals surface area contributed by atoms with Crippen LogP contribution >= 0.6 is 0 Å². The van der Waals surface area contributed by atoms with Crippen LogP contribution in [-0.2, 0) is 0 Å². The van der Waals surface area contributed by atoms with Crippen LogP contribution in [0.3, 0.4) is 0 Å². The molecule has 0 aromatic heterocycles. The number of allylic oxidation sites excluding steroid dienone is 4. The molecule has 0 aromatic carbocycles. The highest BCUT2D eigenvalue weighted by molar-refractivity contribution is 5.26. The molecule has 0 spiro atoms. The summed E-state index contributed by atoms with van der Waals surface area (Å²) >= 11 is 0. The highest BCUT2D eigenvalue weighted by Crippen LogP contribution is 2.27. The van der Waals surface area contributed by atoms with Crippen LogP contribution in [0.15, 0.2) is 36.1 Å². The Balaban J connectivity index is 2.68. The van der Waals surface area contributed by atoms with Crippen LogP contribution in [0, 0.1) is 5.92 Å². The van der Waals surface area contributed by atoms with E-state index >= 15 is 0 Å². The van der Waals surface area contributed by atoms with E-state index < -0.39 is 0 Å². The van der Waals surface area contributed by atoms with Crippen molar-refractivity contribution in [3.05, 3.63) is 36.1 Å². The zero-order valence-electron chi connectivity index (χ0n) is 10.7. The average Bonchev–Trinajstić information content (AvgIpc) is 2.15. The third-order valence-corrected chi connectivity index (χ3v) is 3.15. The van der Waals surface area contributed by atoms with Crippen molar-refractivity contribution in [1.29, 1.82) is 0 Å². The van der Waals surface area contributed by atoms with Gasteiger partial charge in [0.15, 0.2) is 0 Å². The molecule has 15 heavy (non-hydrogen) atoms. The first kappa shape index (κ1) is 12.1. The monoisotopic (exact) mass is 205 g/mol. The predicted octanol–water partition coefficient (Wildman–Crippen LogP) is 3.75. The average molecular weight is 205 g/mol. The topological polar surface area (TPSA) is 3.24 Å². The highest BCUT2D eigenvalue weighted by atomic mass is 15.2. The van der Waals surface area contributed by atoms with Crippen LogP contribution in [0.2, 0.25) is 0 Å². The number of hydrogen-bond acceptors (Lipinski definition) is 1. The fraction of sp³-hybridized carbons (Fsp3) is 0.571. The van der Waals surface area contributed by atoms with Crippen molar-refractivity contribution in [3.8, 4) is 0 Å². The Morgan fingerprint density at radius 1 is 1.47 bits per heavy atom. The molecule has 1 aliphatic rings. The van der Waals surface area contributed by atoms with Gasteiger partial charge in [0.05, 0.1) is 0 Å². The van der Waals surface area contributed by atoms with Gasteiger partial charge < -0.3 is 4.90 Å². The van der Waals surface area contributed by atoms with E-state index in [0.29, 0.717) is 5.92 Å². The fourth-order valence-electron chi connectivity index (χ4n) is 1.65. The minimum Gasteiger partial charge on any atom is -0.373 e. The van der Waals surface area contributed by atoms with Crippen LogP contribution in [0.4, 0.5) is 0 Å². The Labute approximate surface area is 94.2 Å². The summed E-state index contributed by atoms with van der Waals surface area (Å²) < 4.78 is 0. The molecule has 1 unspecified atom stereocenters. The van der Waals surface area contributed by atoms with E-state index in [1.165, 1.54) is 11.3 Å². The van der Waals surface area contributed by atoms with E-state index in [-0.39, 0.29) is 5.54 Å². The van der Waals surface area contributed by atoms with Crippen LogP contribution in [0.25, 0.3) is 0 Å². The second-order valence-corrected chi connectivity index (χ2v) is 5.37. The maximum absolute atomic E-state index is 4.22. The summed E-state index contributed by atoms with van der Waals surface area (Å²) in [5.41, 5.74) is 2.72. The predicted molar refractivity (Wildman–Crippen MR) is 67.7 cm³/mol. The molecule has 0 fully saturated rings. The van der Waals surface area contributed by atoms with Crippen molar-refractivity contribution in [2.24, 2.45) is 5.92 Å². The van der Waals surface area contributed by atoms with Crippen molar-refractivity contribution >= 4 is 0 Å². The standard InChI is InChI=1S/C14H23N/c1-11-7-9-13(10-8-11)12(2)15(6)14(3,4)5/h7-9,13H,2,10H2,1,3-6H3. The van der Waals surface area contributed by atoms with E-state index in [1.807, 2.05) is 0 Å². The van der Waals surface area contributed by atoms with Crippen molar-refractivity contribution in [1.82, 2.24) is 4.90 Å². The second kappa shape index (κ2) is 4.26. The van der Waals surface area contributed by atoms with Crippen molar-refractivity contribution in [2.75, 3.05) is 7.05 Å². The molecule has 1 nitrogen and oxygen atoms in total. The smallest absolute Gasteiger partial charge is 0.0311 e. The lowest BCUT2D eigenvalue weighted by atomic mass is 9.92. The largest absolute Gasteiger partial charge is 0.373 e. The van der Waals surface area contributed by atoms with Gasteiger partial charge >= 0.3 is 0 Å². The molecular formula is C14H23N. The van der Waals surface area contributed by atoms with E-state index in [2.05, 4.69) is 64.4 Å². The van der Waals surface area contributed by atoms with Crippen molar-refractivity contribution < 1.29 is 0 Å². The SMILES string of the molecule is C=C(C1C=CC(C)=CC1)N(C)C(C)(C)C. The van der Waals surface area contributed by atoms with Gasteiger partial charge in [-0.15, -0.1) is 0 Å². The summed E-state index contributed by atoms with van der Waals surface area (Å²) in [7, 11) is 2.13. The first-order chi connectivity index (χ1) is 6.82. The molecule has 84 valence electrons. The third kappa shape index (κ3) is 2.98. The van der Waals surface area contributed by atoms with Crippen LogP contribution in [-0.4, -0.2) is 17.5 Å². The van der Waals surface area contributed by atoms with Gasteiger partial charge in [0.25, 0.3) is 0 Å². The molecule has 0 radical (unpaired) electrons. The van der Waals surface area contributed by atoms with Gasteiger partial charge in [0.2, 0.25) is 0 Å². The maximum atomic E-state index is 4.22. The summed E-state index contributed by atoms with van der Waals surface area (Å²) in [6.45, 7) is 13.0. The molecular weight excluding hydrogens is 182 g/mol.